The molecule has 23 heavy (non-hydrogen) atoms. The quantitative estimate of drug-likeness (QED) is 0.655. The Morgan fingerprint density at radius 3 is 2.26 bits per heavy atom. The fourth-order valence-electron chi connectivity index (χ4n) is 1.94. The molecule has 2 aromatic carbocycles. The highest BCUT2D eigenvalue weighted by molar-refractivity contribution is 14.1. The van der Waals surface area contributed by atoms with Crippen molar-refractivity contribution in [2.45, 2.75) is 18.7 Å². The van der Waals surface area contributed by atoms with Gasteiger partial charge in [-0.15, -0.1) is 0 Å². The standard InChI is InChI=1S/C16H18INO4S/c1-3-21-13-7-10-16(22-4-2)15(11-13)18-23(19,20)14-8-5-12(17)6-9-14/h5-11,18H,3-4H2,1-2H3. The minimum Gasteiger partial charge on any atom is -0.494 e. The van der Waals surface area contributed by atoms with E-state index in [1.165, 1.54) is 0 Å². The highest BCUT2D eigenvalue weighted by atomic mass is 127. The smallest absolute Gasteiger partial charge is 0.262 e. The summed E-state index contributed by atoms with van der Waals surface area (Å²) in [7, 11) is -3.69. The molecule has 2 rings (SSSR count). The monoisotopic (exact) mass is 447 g/mol. The van der Waals surface area contributed by atoms with E-state index in [0.717, 1.165) is 3.57 Å². The minimum absolute atomic E-state index is 0.196. The third kappa shape index (κ3) is 4.74. The lowest BCUT2D eigenvalue weighted by Gasteiger charge is -2.14. The lowest BCUT2D eigenvalue weighted by atomic mass is 10.3. The van der Waals surface area contributed by atoms with Crippen molar-refractivity contribution in [1.82, 2.24) is 0 Å². The van der Waals surface area contributed by atoms with Gasteiger partial charge in [0.05, 0.1) is 23.8 Å². The van der Waals surface area contributed by atoms with Crippen molar-refractivity contribution in [2.24, 2.45) is 0 Å². The van der Waals surface area contributed by atoms with Crippen molar-refractivity contribution in [3.8, 4) is 11.5 Å². The Kier molecular flexibility index (Phi) is 6.11. The molecular weight excluding hydrogens is 429 g/mol. The minimum atomic E-state index is -3.69. The first-order valence-corrected chi connectivity index (χ1v) is 9.70. The largest absolute Gasteiger partial charge is 0.494 e. The van der Waals surface area contributed by atoms with Crippen molar-refractivity contribution in [3.05, 3.63) is 46.0 Å². The first-order chi connectivity index (χ1) is 11.0. The second-order valence-electron chi connectivity index (χ2n) is 4.58. The van der Waals surface area contributed by atoms with E-state index in [0.29, 0.717) is 30.4 Å². The number of nitrogens with one attached hydrogen (secondary N) is 1. The van der Waals surface area contributed by atoms with Crippen molar-refractivity contribution < 1.29 is 17.9 Å². The number of ether oxygens (including phenoxy) is 2. The topological polar surface area (TPSA) is 64.6 Å². The average Bonchev–Trinajstić information content (AvgIpc) is 2.50. The molecule has 0 aliphatic carbocycles. The molecule has 0 fully saturated rings. The Bertz CT molecular complexity index is 760. The van der Waals surface area contributed by atoms with Crippen LogP contribution in [0.3, 0.4) is 0 Å². The Morgan fingerprint density at radius 2 is 1.65 bits per heavy atom. The van der Waals surface area contributed by atoms with Crippen LogP contribution in [0, 0.1) is 3.57 Å². The maximum Gasteiger partial charge on any atom is 0.262 e. The second kappa shape index (κ2) is 7.87. The van der Waals surface area contributed by atoms with Gasteiger partial charge in [-0.2, -0.15) is 0 Å². The Morgan fingerprint density at radius 1 is 1.00 bits per heavy atom. The summed E-state index contributed by atoms with van der Waals surface area (Å²) in [6, 6.07) is 11.7. The fraction of sp³-hybridized carbons (Fsp3) is 0.250. The summed E-state index contributed by atoms with van der Waals surface area (Å²) >= 11 is 2.13. The van der Waals surface area contributed by atoms with E-state index in [1.807, 2.05) is 13.8 Å². The third-order valence-electron chi connectivity index (χ3n) is 2.93. The summed E-state index contributed by atoms with van der Waals surface area (Å²) in [6.07, 6.45) is 0. The highest BCUT2D eigenvalue weighted by Gasteiger charge is 2.17. The number of halogens is 1. The summed E-state index contributed by atoms with van der Waals surface area (Å²) in [5.74, 6) is 1.04. The van der Waals surface area contributed by atoms with Crippen LogP contribution in [0.25, 0.3) is 0 Å². The molecule has 2 aromatic rings. The summed E-state index contributed by atoms with van der Waals surface area (Å²) in [5.41, 5.74) is 0.358. The molecule has 5 nitrogen and oxygen atoms in total. The van der Waals surface area contributed by atoms with Gasteiger partial charge in [-0.1, -0.05) is 0 Å². The Hall–Kier alpha value is -1.48. The van der Waals surface area contributed by atoms with Crippen LogP contribution in [0.4, 0.5) is 5.69 Å². The number of hydrogen-bond donors (Lipinski definition) is 1. The predicted molar refractivity (Wildman–Crippen MR) is 98.7 cm³/mol. The van der Waals surface area contributed by atoms with Gasteiger partial charge in [0.1, 0.15) is 11.5 Å². The van der Waals surface area contributed by atoms with Gasteiger partial charge in [0.15, 0.2) is 0 Å². The van der Waals surface area contributed by atoms with Gasteiger partial charge in [0.2, 0.25) is 0 Å². The summed E-state index contributed by atoms with van der Waals surface area (Å²) in [6.45, 7) is 4.64. The molecule has 0 amide bonds. The number of rotatable bonds is 7. The van der Waals surface area contributed by atoms with Crippen LogP contribution < -0.4 is 14.2 Å². The number of sulfonamides is 1. The van der Waals surface area contributed by atoms with Crippen LogP contribution in [0.5, 0.6) is 11.5 Å². The van der Waals surface area contributed by atoms with Crippen LogP contribution in [-0.4, -0.2) is 21.6 Å². The summed E-state index contributed by atoms with van der Waals surface area (Å²) in [5, 5.41) is 0. The van der Waals surface area contributed by atoms with Gasteiger partial charge in [0, 0.05) is 9.64 Å². The van der Waals surface area contributed by atoms with Crippen LogP contribution >= 0.6 is 22.6 Å². The van der Waals surface area contributed by atoms with E-state index >= 15 is 0 Å². The van der Waals surface area contributed by atoms with Crippen LogP contribution in [0.15, 0.2) is 47.4 Å². The molecule has 1 N–H and O–H groups in total. The lowest BCUT2D eigenvalue weighted by Crippen LogP contribution is -2.14. The maximum absolute atomic E-state index is 12.5. The Balaban J connectivity index is 2.36. The lowest BCUT2D eigenvalue weighted by molar-refractivity contribution is 0.332. The Labute approximate surface area is 150 Å². The van der Waals surface area contributed by atoms with E-state index in [2.05, 4.69) is 27.3 Å². The molecule has 0 saturated heterocycles. The number of anilines is 1. The van der Waals surface area contributed by atoms with E-state index in [-0.39, 0.29) is 4.90 Å². The van der Waals surface area contributed by atoms with E-state index < -0.39 is 10.0 Å². The van der Waals surface area contributed by atoms with Crippen molar-refractivity contribution in [3.63, 3.8) is 0 Å². The molecule has 0 atom stereocenters. The molecule has 0 aliphatic rings. The predicted octanol–water partition coefficient (Wildman–Crippen LogP) is 3.89. The van der Waals surface area contributed by atoms with Crippen LogP contribution in [-0.2, 0) is 10.0 Å². The van der Waals surface area contributed by atoms with Crippen LogP contribution in [0.1, 0.15) is 13.8 Å². The fourth-order valence-corrected chi connectivity index (χ4v) is 3.36. The molecule has 0 radical (unpaired) electrons. The van der Waals surface area contributed by atoms with E-state index in [1.54, 1.807) is 42.5 Å². The average molecular weight is 447 g/mol. The van der Waals surface area contributed by atoms with Crippen molar-refractivity contribution in [1.29, 1.82) is 0 Å². The summed E-state index contributed by atoms with van der Waals surface area (Å²) in [4.78, 5) is 0.196. The van der Waals surface area contributed by atoms with Gasteiger partial charge >= 0.3 is 0 Å². The zero-order chi connectivity index (χ0) is 16.9. The van der Waals surface area contributed by atoms with Crippen molar-refractivity contribution >= 4 is 38.3 Å². The first kappa shape index (κ1) is 17.9. The molecule has 0 saturated carbocycles. The molecule has 0 unspecified atom stereocenters. The molecule has 0 aromatic heterocycles. The normalized spacial score (nSPS) is 11.1. The maximum atomic E-state index is 12.5. The number of benzene rings is 2. The summed E-state index contributed by atoms with van der Waals surface area (Å²) < 4.78 is 39.5. The molecule has 0 heterocycles. The van der Waals surface area contributed by atoms with Gasteiger partial charge in [-0.05, 0) is 72.8 Å². The molecule has 0 spiro atoms. The molecule has 124 valence electrons. The zero-order valence-electron chi connectivity index (χ0n) is 12.9. The van der Waals surface area contributed by atoms with E-state index in [9.17, 15) is 8.42 Å². The SMILES string of the molecule is CCOc1ccc(OCC)c(NS(=O)(=O)c2ccc(I)cc2)c1. The van der Waals surface area contributed by atoms with Gasteiger partial charge in [0.25, 0.3) is 10.0 Å². The molecule has 0 aliphatic heterocycles. The van der Waals surface area contributed by atoms with Gasteiger partial charge < -0.3 is 9.47 Å². The molecule has 0 bridgehead atoms. The third-order valence-corrected chi connectivity index (χ3v) is 5.03. The first-order valence-electron chi connectivity index (χ1n) is 7.14. The van der Waals surface area contributed by atoms with Gasteiger partial charge in [-0.3, -0.25) is 4.72 Å². The second-order valence-corrected chi connectivity index (χ2v) is 7.51. The molecule has 7 heteroatoms. The zero-order valence-corrected chi connectivity index (χ0v) is 15.8. The van der Waals surface area contributed by atoms with E-state index in [4.69, 9.17) is 9.47 Å². The molecular formula is C16H18INO4S. The van der Waals surface area contributed by atoms with Crippen molar-refractivity contribution in [2.75, 3.05) is 17.9 Å². The number of hydrogen-bond acceptors (Lipinski definition) is 4. The van der Waals surface area contributed by atoms with Gasteiger partial charge in [-0.25, -0.2) is 8.42 Å². The van der Waals surface area contributed by atoms with Crippen LogP contribution in [0.2, 0.25) is 0 Å². The highest BCUT2D eigenvalue weighted by Crippen LogP contribution is 2.31.